The van der Waals surface area contributed by atoms with Crippen molar-refractivity contribution in [3.05, 3.63) is 38.9 Å². The molecular formula is C11H11NO4. The van der Waals surface area contributed by atoms with Crippen molar-refractivity contribution in [1.29, 1.82) is 0 Å². The fourth-order valence-electron chi connectivity index (χ4n) is 2.13. The molecule has 0 aliphatic heterocycles. The van der Waals surface area contributed by atoms with Crippen LogP contribution in [0.5, 0.6) is 0 Å². The quantitative estimate of drug-likeness (QED) is 0.613. The maximum absolute atomic E-state index is 10.9. The van der Waals surface area contributed by atoms with E-state index < -0.39 is 10.9 Å². The number of hydrogen-bond donors (Lipinski definition) is 1. The first kappa shape index (κ1) is 10.6. The summed E-state index contributed by atoms with van der Waals surface area (Å²) >= 11 is 0. The lowest BCUT2D eigenvalue weighted by molar-refractivity contribution is -0.385. The first-order valence-corrected chi connectivity index (χ1v) is 5.13. The van der Waals surface area contributed by atoms with Crippen LogP contribution in [0.2, 0.25) is 0 Å². The highest BCUT2D eigenvalue weighted by Gasteiger charge is 2.23. The average molecular weight is 221 g/mol. The van der Waals surface area contributed by atoms with Crippen molar-refractivity contribution < 1.29 is 14.8 Å². The minimum Gasteiger partial charge on any atom is -0.478 e. The molecule has 1 aliphatic carbocycles. The van der Waals surface area contributed by atoms with Gasteiger partial charge in [0.25, 0.3) is 5.69 Å². The van der Waals surface area contributed by atoms with Gasteiger partial charge in [0, 0.05) is 11.6 Å². The van der Waals surface area contributed by atoms with E-state index in [1.165, 1.54) is 0 Å². The van der Waals surface area contributed by atoms with E-state index in [1.807, 2.05) is 0 Å². The second-order valence-corrected chi connectivity index (χ2v) is 3.90. The molecule has 0 saturated carbocycles. The Kier molecular flexibility index (Phi) is 2.60. The monoisotopic (exact) mass is 221 g/mol. The number of carbonyl (C=O) groups is 1. The number of aryl methyl sites for hydroxylation is 1. The molecule has 1 aromatic rings. The molecular weight excluding hydrogens is 210 g/mol. The van der Waals surface area contributed by atoms with Crippen LogP contribution in [0.25, 0.3) is 0 Å². The van der Waals surface area contributed by atoms with Crippen LogP contribution < -0.4 is 0 Å². The third kappa shape index (κ3) is 1.76. The summed E-state index contributed by atoms with van der Waals surface area (Å²) in [6.07, 6.45) is 3.30. The minimum absolute atomic E-state index is 0.00681. The van der Waals surface area contributed by atoms with E-state index in [0.29, 0.717) is 12.0 Å². The summed E-state index contributed by atoms with van der Waals surface area (Å²) in [4.78, 5) is 21.2. The zero-order valence-electron chi connectivity index (χ0n) is 8.60. The van der Waals surface area contributed by atoms with E-state index in [9.17, 15) is 14.9 Å². The molecule has 0 radical (unpaired) electrons. The van der Waals surface area contributed by atoms with Gasteiger partial charge in [0.15, 0.2) is 0 Å². The molecule has 0 saturated heterocycles. The lowest BCUT2D eigenvalue weighted by Crippen LogP contribution is -2.09. The number of carboxylic acids is 1. The molecule has 2 rings (SSSR count). The molecule has 0 fully saturated rings. The van der Waals surface area contributed by atoms with E-state index in [0.717, 1.165) is 30.9 Å². The molecule has 16 heavy (non-hydrogen) atoms. The molecule has 0 unspecified atom stereocenters. The van der Waals surface area contributed by atoms with Crippen LogP contribution in [0, 0.1) is 10.1 Å². The number of carboxylic acid groups (broad SMARTS) is 1. The zero-order chi connectivity index (χ0) is 11.7. The van der Waals surface area contributed by atoms with Crippen LogP contribution in [-0.4, -0.2) is 16.0 Å². The smallest absolute Gasteiger partial charge is 0.335 e. The highest BCUT2D eigenvalue weighted by atomic mass is 16.6. The fraction of sp³-hybridized carbons (Fsp3) is 0.364. The summed E-state index contributed by atoms with van der Waals surface area (Å²) in [5.74, 6) is -1.11. The molecule has 84 valence electrons. The van der Waals surface area contributed by atoms with Gasteiger partial charge in [-0.1, -0.05) is 0 Å². The van der Waals surface area contributed by atoms with Gasteiger partial charge in [0.05, 0.1) is 10.5 Å². The maximum Gasteiger partial charge on any atom is 0.335 e. The van der Waals surface area contributed by atoms with E-state index in [-0.39, 0.29) is 11.3 Å². The molecule has 5 heteroatoms. The van der Waals surface area contributed by atoms with E-state index in [2.05, 4.69) is 0 Å². The Balaban J connectivity index is 2.61. The largest absolute Gasteiger partial charge is 0.478 e. The Labute approximate surface area is 91.9 Å². The normalized spacial score (nSPS) is 14.2. The first-order chi connectivity index (χ1) is 7.59. The number of aromatic carboxylic acids is 1. The van der Waals surface area contributed by atoms with Crippen molar-refractivity contribution in [3.63, 3.8) is 0 Å². The molecule has 1 aliphatic rings. The third-order valence-electron chi connectivity index (χ3n) is 2.89. The van der Waals surface area contributed by atoms with Gasteiger partial charge in [-0.15, -0.1) is 0 Å². The molecule has 0 atom stereocenters. The van der Waals surface area contributed by atoms with Gasteiger partial charge in [-0.25, -0.2) is 4.79 Å². The molecule has 0 bridgehead atoms. The van der Waals surface area contributed by atoms with Crippen molar-refractivity contribution in [3.8, 4) is 0 Å². The number of fused-ring (bicyclic) bond motifs is 1. The van der Waals surface area contributed by atoms with Crippen molar-refractivity contribution >= 4 is 11.7 Å². The second kappa shape index (κ2) is 3.92. The predicted octanol–water partition coefficient (Wildman–Crippen LogP) is 2.17. The van der Waals surface area contributed by atoms with Crippen molar-refractivity contribution in [2.24, 2.45) is 0 Å². The fourth-order valence-corrected chi connectivity index (χ4v) is 2.13. The molecule has 0 aromatic heterocycles. The van der Waals surface area contributed by atoms with Crippen LogP contribution in [0.1, 0.15) is 34.3 Å². The average Bonchev–Trinajstić information content (AvgIpc) is 2.27. The summed E-state index contributed by atoms with van der Waals surface area (Å²) in [7, 11) is 0. The van der Waals surface area contributed by atoms with Crippen LogP contribution >= 0.6 is 0 Å². The van der Waals surface area contributed by atoms with Gasteiger partial charge >= 0.3 is 5.97 Å². The van der Waals surface area contributed by atoms with E-state index in [4.69, 9.17) is 5.11 Å². The van der Waals surface area contributed by atoms with E-state index in [1.54, 1.807) is 6.07 Å². The first-order valence-electron chi connectivity index (χ1n) is 5.13. The number of nitro benzene ring substituents is 1. The molecule has 5 nitrogen and oxygen atoms in total. The highest BCUT2D eigenvalue weighted by Crippen LogP contribution is 2.30. The van der Waals surface area contributed by atoms with Gasteiger partial charge in [-0.3, -0.25) is 10.1 Å². The Morgan fingerprint density at radius 3 is 2.62 bits per heavy atom. The van der Waals surface area contributed by atoms with Crippen LogP contribution in [-0.2, 0) is 12.8 Å². The summed E-state index contributed by atoms with van der Waals surface area (Å²) in [6, 6.07) is 2.72. The standard InChI is InChI=1S/C11H11NO4/c13-11(14)8-5-7-3-1-2-4-9(7)10(6-8)12(15)16/h5-6H,1-4H2,(H,13,14). The topological polar surface area (TPSA) is 80.4 Å². The molecule has 1 N–H and O–H groups in total. The van der Waals surface area contributed by atoms with Gasteiger partial charge in [0.2, 0.25) is 0 Å². The SMILES string of the molecule is O=C(O)c1cc2c(c([N+](=O)[O-])c1)CCCC2. The molecule has 0 spiro atoms. The van der Waals surface area contributed by atoms with Crippen molar-refractivity contribution in [1.82, 2.24) is 0 Å². The number of nitrogens with zero attached hydrogens (tertiary/aromatic N) is 1. The summed E-state index contributed by atoms with van der Waals surface area (Å²) in [5, 5.41) is 19.7. The zero-order valence-corrected chi connectivity index (χ0v) is 8.60. The lowest BCUT2D eigenvalue weighted by atomic mass is 9.89. The van der Waals surface area contributed by atoms with Crippen LogP contribution in [0.3, 0.4) is 0 Å². The number of rotatable bonds is 2. The number of nitro groups is 1. The second-order valence-electron chi connectivity index (χ2n) is 3.90. The maximum atomic E-state index is 10.9. The Bertz CT molecular complexity index is 467. The minimum atomic E-state index is -1.11. The van der Waals surface area contributed by atoms with Crippen molar-refractivity contribution in [2.75, 3.05) is 0 Å². The summed E-state index contributed by atoms with van der Waals surface area (Å²) in [6.45, 7) is 0. The van der Waals surface area contributed by atoms with Crippen molar-refractivity contribution in [2.45, 2.75) is 25.7 Å². The molecule has 0 amide bonds. The van der Waals surface area contributed by atoms with E-state index >= 15 is 0 Å². The Morgan fingerprint density at radius 2 is 2.00 bits per heavy atom. The van der Waals surface area contributed by atoms with Gasteiger partial charge < -0.3 is 5.11 Å². The predicted molar refractivity (Wildman–Crippen MR) is 56.7 cm³/mol. The van der Waals surface area contributed by atoms with Crippen LogP contribution in [0.15, 0.2) is 12.1 Å². The number of benzene rings is 1. The summed E-state index contributed by atoms with van der Waals surface area (Å²) in [5.41, 5.74) is 1.49. The third-order valence-corrected chi connectivity index (χ3v) is 2.89. The Morgan fingerprint density at radius 1 is 1.31 bits per heavy atom. The lowest BCUT2D eigenvalue weighted by Gasteiger charge is -2.15. The van der Waals surface area contributed by atoms with Gasteiger partial charge in [-0.05, 0) is 37.3 Å². The highest BCUT2D eigenvalue weighted by molar-refractivity contribution is 5.89. The molecule has 0 heterocycles. The molecule has 1 aromatic carbocycles. The summed E-state index contributed by atoms with van der Waals surface area (Å²) < 4.78 is 0. The Hall–Kier alpha value is -1.91. The van der Waals surface area contributed by atoms with Gasteiger partial charge in [0.1, 0.15) is 0 Å². The van der Waals surface area contributed by atoms with Gasteiger partial charge in [-0.2, -0.15) is 0 Å². The van der Waals surface area contributed by atoms with Crippen LogP contribution in [0.4, 0.5) is 5.69 Å². The number of hydrogen-bond acceptors (Lipinski definition) is 3.